The number of aromatic nitrogens is 2. The number of rotatable bonds is 5. The highest BCUT2D eigenvalue weighted by atomic mass is 35.5. The van der Waals surface area contributed by atoms with Gasteiger partial charge >= 0.3 is 5.97 Å². The monoisotopic (exact) mass is 246 g/mol. The summed E-state index contributed by atoms with van der Waals surface area (Å²) in [7, 11) is 1.55. The van der Waals surface area contributed by atoms with Gasteiger partial charge in [0.05, 0.1) is 6.61 Å². The summed E-state index contributed by atoms with van der Waals surface area (Å²) in [5, 5.41) is 11.5. The zero-order valence-electron chi connectivity index (χ0n) is 8.53. The van der Waals surface area contributed by atoms with E-state index in [1.165, 1.54) is 0 Å². The minimum Gasteiger partial charge on any atom is -0.476 e. The van der Waals surface area contributed by atoms with Crippen molar-refractivity contribution in [2.24, 2.45) is 0 Å². The van der Waals surface area contributed by atoms with Crippen molar-refractivity contribution in [3.8, 4) is 0 Å². The van der Waals surface area contributed by atoms with Gasteiger partial charge in [-0.15, -0.1) is 0 Å². The molecule has 0 atom stereocenters. The minimum absolute atomic E-state index is 0.0392. The Kier molecular flexibility index (Phi) is 4.27. The van der Waals surface area contributed by atoms with Gasteiger partial charge in [0.15, 0.2) is 22.5 Å². The molecule has 0 fully saturated rings. The summed E-state index contributed by atoms with van der Waals surface area (Å²) < 4.78 is 4.82. The number of anilines is 2. The summed E-state index contributed by atoms with van der Waals surface area (Å²) in [6.45, 7) is 0.926. The summed E-state index contributed by atoms with van der Waals surface area (Å²) in [5.41, 5.74) is 5.05. The van der Waals surface area contributed by atoms with Gasteiger partial charge in [0.2, 0.25) is 0 Å². The van der Waals surface area contributed by atoms with Crippen LogP contribution in [-0.4, -0.2) is 41.3 Å². The molecule has 1 aromatic heterocycles. The summed E-state index contributed by atoms with van der Waals surface area (Å²) in [5.74, 6) is -1.21. The Bertz CT molecular complexity index is 399. The topological polar surface area (TPSA) is 110 Å². The molecular formula is C8H11ClN4O3. The smallest absolute Gasteiger partial charge is 0.358 e. The zero-order chi connectivity index (χ0) is 12.1. The van der Waals surface area contributed by atoms with Crippen molar-refractivity contribution < 1.29 is 14.6 Å². The molecular weight excluding hydrogens is 236 g/mol. The molecule has 0 aliphatic carbocycles. The van der Waals surface area contributed by atoms with E-state index in [-0.39, 0.29) is 22.5 Å². The third kappa shape index (κ3) is 2.94. The number of nitrogens with zero attached hydrogens (tertiary/aromatic N) is 2. The number of carboxylic acids is 1. The Morgan fingerprint density at radius 3 is 2.88 bits per heavy atom. The number of carbonyl (C=O) groups is 1. The molecule has 0 aromatic carbocycles. The second-order valence-corrected chi connectivity index (χ2v) is 3.18. The van der Waals surface area contributed by atoms with E-state index >= 15 is 0 Å². The average Bonchev–Trinajstić information content (AvgIpc) is 2.22. The lowest BCUT2D eigenvalue weighted by atomic mass is 10.4. The molecule has 8 heteroatoms. The molecule has 1 rings (SSSR count). The number of nitrogens with one attached hydrogen (secondary N) is 1. The summed E-state index contributed by atoms with van der Waals surface area (Å²) in [6, 6.07) is 0. The third-order valence-corrected chi connectivity index (χ3v) is 1.94. The Labute approximate surface area is 96.6 Å². The van der Waals surface area contributed by atoms with Crippen molar-refractivity contribution in [3.63, 3.8) is 0 Å². The third-order valence-electron chi connectivity index (χ3n) is 1.68. The van der Waals surface area contributed by atoms with Crippen LogP contribution in [0.1, 0.15) is 10.5 Å². The zero-order valence-corrected chi connectivity index (χ0v) is 9.28. The van der Waals surface area contributed by atoms with E-state index in [2.05, 4.69) is 15.3 Å². The number of hydrogen-bond donors (Lipinski definition) is 3. The molecule has 1 heterocycles. The van der Waals surface area contributed by atoms with E-state index in [1.807, 2.05) is 0 Å². The second-order valence-electron chi connectivity index (χ2n) is 2.82. The van der Waals surface area contributed by atoms with Crippen LogP contribution in [0.15, 0.2) is 0 Å². The van der Waals surface area contributed by atoms with Gasteiger partial charge in [-0.05, 0) is 0 Å². The summed E-state index contributed by atoms with van der Waals surface area (Å²) >= 11 is 5.73. The molecule has 0 saturated carbocycles. The highest BCUT2D eigenvalue weighted by Crippen LogP contribution is 2.20. The maximum atomic E-state index is 10.7. The van der Waals surface area contributed by atoms with Gasteiger partial charge in [0, 0.05) is 13.7 Å². The number of carboxylic acid groups (broad SMARTS) is 1. The van der Waals surface area contributed by atoms with Crippen LogP contribution in [0.5, 0.6) is 0 Å². The average molecular weight is 247 g/mol. The Morgan fingerprint density at radius 1 is 1.62 bits per heavy atom. The maximum Gasteiger partial charge on any atom is 0.358 e. The molecule has 0 unspecified atom stereocenters. The standard InChI is InChI=1S/C8H11ClN4O3/c1-16-3-2-11-7-5(9)12-4(8(14)15)6(10)13-7/h2-3H2,1H3,(H,14,15)(H3,10,11,13). The molecule has 4 N–H and O–H groups in total. The fraction of sp³-hybridized carbons (Fsp3) is 0.375. The van der Waals surface area contributed by atoms with Crippen LogP contribution in [-0.2, 0) is 4.74 Å². The van der Waals surface area contributed by atoms with Crippen molar-refractivity contribution in [2.75, 3.05) is 31.3 Å². The van der Waals surface area contributed by atoms with Crippen molar-refractivity contribution >= 4 is 29.2 Å². The maximum absolute atomic E-state index is 10.7. The lowest BCUT2D eigenvalue weighted by Crippen LogP contribution is -2.14. The van der Waals surface area contributed by atoms with Crippen LogP contribution in [0.4, 0.5) is 11.6 Å². The minimum atomic E-state index is -1.27. The van der Waals surface area contributed by atoms with Crippen LogP contribution in [0.3, 0.4) is 0 Å². The van der Waals surface area contributed by atoms with Crippen molar-refractivity contribution in [1.82, 2.24) is 9.97 Å². The van der Waals surface area contributed by atoms with E-state index in [0.717, 1.165) is 0 Å². The summed E-state index contributed by atoms with van der Waals surface area (Å²) in [6.07, 6.45) is 0. The fourth-order valence-electron chi connectivity index (χ4n) is 0.969. The van der Waals surface area contributed by atoms with Crippen LogP contribution in [0, 0.1) is 0 Å². The lowest BCUT2D eigenvalue weighted by molar-refractivity contribution is 0.0691. The molecule has 0 saturated heterocycles. The quantitative estimate of drug-likeness (QED) is 0.648. The first-order valence-corrected chi connectivity index (χ1v) is 4.73. The largest absolute Gasteiger partial charge is 0.476 e. The van der Waals surface area contributed by atoms with Gasteiger partial charge in [-0.2, -0.15) is 0 Å². The number of halogens is 1. The predicted octanol–water partition coefficient (Wildman–Crippen LogP) is 0.469. The van der Waals surface area contributed by atoms with Crippen molar-refractivity contribution in [2.45, 2.75) is 0 Å². The molecule has 0 radical (unpaired) electrons. The fourth-order valence-corrected chi connectivity index (χ4v) is 1.16. The number of ether oxygens (including phenoxy) is 1. The Morgan fingerprint density at radius 2 is 2.31 bits per heavy atom. The number of methoxy groups -OCH3 is 1. The molecule has 0 aliphatic heterocycles. The van der Waals surface area contributed by atoms with E-state index in [1.54, 1.807) is 7.11 Å². The number of nitrogens with two attached hydrogens (primary N) is 1. The Hall–Kier alpha value is -1.60. The normalized spacial score (nSPS) is 10.1. The number of aromatic carboxylic acids is 1. The highest BCUT2D eigenvalue weighted by molar-refractivity contribution is 6.31. The molecule has 16 heavy (non-hydrogen) atoms. The van der Waals surface area contributed by atoms with Gasteiger partial charge in [-0.25, -0.2) is 14.8 Å². The molecule has 0 spiro atoms. The van der Waals surface area contributed by atoms with E-state index in [4.69, 9.17) is 27.2 Å². The van der Waals surface area contributed by atoms with Gasteiger partial charge < -0.3 is 20.9 Å². The van der Waals surface area contributed by atoms with E-state index < -0.39 is 5.97 Å². The van der Waals surface area contributed by atoms with Crippen molar-refractivity contribution in [1.29, 1.82) is 0 Å². The highest BCUT2D eigenvalue weighted by Gasteiger charge is 2.15. The second kappa shape index (κ2) is 5.47. The molecule has 88 valence electrons. The van der Waals surface area contributed by atoms with E-state index in [9.17, 15) is 4.79 Å². The van der Waals surface area contributed by atoms with Crippen molar-refractivity contribution in [3.05, 3.63) is 10.8 Å². The van der Waals surface area contributed by atoms with Gasteiger partial charge in [-0.1, -0.05) is 11.6 Å². The van der Waals surface area contributed by atoms with Gasteiger partial charge in [0.1, 0.15) is 0 Å². The SMILES string of the molecule is COCCNc1nc(N)c(C(=O)O)nc1Cl. The Balaban J connectivity index is 2.88. The molecule has 1 aromatic rings. The van der Waals surface area contributed by atoms with Crippen LogP contribution in [0.2, 0.25) is 5.15 Å². The molecule has 0 aliphatic rings. The number of hydrogen-bond acceptors (Lipinski definition) is 6. The van der Waals surface area contributed by atoms with E-state index in [0.29, 0.717) is 13.2 Å². The predicted molar refractivity (Wildman–Crippen MR) is 58.8 cm³/mol. The van der Waals surface area contributed by atoms with Crippen LogP contribution >= 0.6 is 11.6 Å². The lowest BCUT2D eigenvalue weighted by Gasteiger charge is -2.08. The molecule has 0 amide bonds. The van der Waals surface area contributed by atoms with Crippen LogP contribution in [0.25, 0.3) is 0 Å². The summed E-state index contributed by atoms with van der Waals surface area (Å²) in [4.78, 5) is 18.1. The molecule has 7 nitrogen and oxygen atoms in total. The number of nitrogen functional groups attached to an aromatic ring is 1. The first-order chi connectivity index (χ1) is 7.56. The first-order valence-electron chi connectivity index (χ1n) is 4.35. The van der Waals surface area contributed by atoms with Gasteiger partial charge in [0.25, 0.3) is 0 Å². The van der Waals surface area contributed by atoms with Gasteiger partial charge in [-0.3, -0.25) is 0 Å². The molecule has 0 bridgehead atoms. The first kappa shape index (κ1) is 12.5. The van der Waals surface area contributed by atoms with Crippen LogP contribution < -0.4 is 11.1 Å².